The number of H-pyrrole nitrogens is 1. The summed E-state index contributed by atoms with van der Waals surface area (Å²) < 4.78 is 0. The van der Waals surface area contributed by atoms with Crippen molar-refractivity contribution in [3.05, 3.63) is 81.3 Å². The van der Waals surface area contributed by atoms with Crippen molar-refractivity contribution in [3.63, 3.8) is 0 Å². The van der Waals surface area contributed by atoms with E-state index in [1.807, 2.05) is 32.2 Å². The summed E-state index contributed by atoms with van der Waals surface area (Å²) in [5.41, 5.74) is 3.45. The van der Waals surface area contributed by atoms with E-state index in [2.05, 4.69) is 48.0 Å². The number of aromatic amines is 1. The van der Waals surface area contributed by atoms with E-state index >= 15 is 0 Å². The van der Waals surface area contributed by atoms with Crippen molar-refractivity contribution in [2.45, 2.75) is 52.2 Å². The summed E-state index contributed by atoms with van der Waals surface area (Å²) in [5.74, 6) is 0. The number of allylic oxidation sites excluding steroid dienone is 7. The predicted octanol–water partition coefficient (Wildman–Crippen LogP) is 4.12. The number of hydrogen-bond acceptors (Lipinski definition) is 3. The molecule has 1 aromatic heterocycles. The van der Waals surface area contributed by atoms with E-state index in [4.69, 9.17) is 0 Å². The highest BCUT2D eigenvalue weighted by molar-refractivity contribution is 5.45. The van der Waals surface area contributed by atoms with E-state index in [1.165, 1.54) is 11.1 Å². The molecular weight excluding hydrogens is 336 g/mol. The van der Waals surface area contributed by atoms with Crippen molar-refractivity contribution >= 4 is 0 Å². The van der Waals surface area contributed by atoms with Gasteiger partial charge in [0.1, 0.15) is 0 Å². The van der Waals surface area contributed by atoms with E-state index in [0.29, 0.717) is 25.9 Å². The quantitative estimate of drug-likeness (QED) is 0.726. The molecule has 0 amide bonds. The summed E-state index contributed by atoms with van der Waals surface area (Å²) in [6, 6.07) is 3.68. The molecule has 1 aliphatic rings. The van der Waals surface area contributed by atoms with Gasteiger partial charge in [-0.05, 0) is 63.4 Å². The zero-order chi connectivity index (χ0) is 19.9. The molecule has 1 heterocycles. The minimum Gasteiger partial charge on any atom is -0.386 e. The van der Waals surface area contributed by atoms with Crippen LogP contribution >= 0.6 is 0 Å². The first kappa shape index (κ1) is 21.1. The Morgan fingerprint density at radius 3 is 2.89 bits per heavy atom. The molecule has 4 nitrogen and oxygen atoms in total. The molecule has 27 heavy (non-hydrogen) atoms. The smallest absolute Gasteiger partial charge is 0.252 e. The Hall–Kier alpha value is -2.17. The van der Waals surface area contributed by atoms with Crippen LogP contribution in [-0.4, -0.2) is 34.2 Å². The van der Waals surface area contributed by atoms with Crippen LogP contribution < -0.4 is 5.56 Å². The second-order valence-electron chi connectivity index (χ2n) is 7.48. The van der Waals surface area contributed by atoms with Crippen LogP contribution in [0.1, 0.15) is 45.6 Å². The highest BCUT2D eigenvalue weighted by Gasteiger charge is 2.23. The Kier molecular flexibility index (Phi) is 7.57. The lowest BCUT2D eigenvalue weighted by Gasteiger charge is -2.27. The van der Waals surface area contributed by atoms with Gasteiger partial charge in [0.05, 0.1) is 5.60 Å². The molecule has 0 aromatic carbocycles. The van der Waals surface area contributed by atoms with Gasteiger partial charge in [-0.3, -0.25) is 4.79 Å². The van der Waals surface area contributed by atoms with Gasteiger partial charge >= 0.3 is 0 Å². The number of nitrogens with zero attached hydrogens (tertiary/aromatic N) is 1. The molecule has 0 fully saturated rings. The highest BCUT2D eigenvalue weighted by atomic mass is 16.3. The topological polar surface area (TPSA) is 56.3 Å². The molecule has 2 N–H and O–H groups in total. The van der Waals surface area contributed by atoms with Crippen molar-refractivity contribution in [2.24, 2.45) is 0 Å². The zero-order valence-corrected chi connectivity index (χ0v) is 17.0. The molecule has 0 saturated carbocycles. The molecule has 2 rings (SSSR count). The number of aromatic nitrogens is 1. The third kappa shape index (κ3) is 6.19. The monoisotopic (exact) mass is 368 g/mol. The van der Waals surface area contributed by atoms with Gasteiger partial charge in [-0.2, -0.15) is 0 Å². The van der Waals surface area contributed by atoms with Crippen LogP contribution in [0.3, 0.4) is 0 Å². The van der Waals surface area contributed by atoms with Crippen LogP contribution in [0.2, 0.25) is 0 Å². The van der Waals surface area contributed by atoms with Crippen LogP contribution in [0.4, 0.5) is 0 Å². The van der Waals surface area contributed by atoms with Gasteiger partial charge in [-0.25, -0.2) is 0 Å². The van der Waals surface area contributed by atoms with Gasteiger partial charge in [-0.1, -0.05) is 42.9 Å². The third-order valence-electron chi connectivity index (χ3n) is 5.18. The Morgan fingerprint density at radius 2 is 2.19 bits per heavy atom. The first-order valence-electron chi connectivity index (χ1n) is 9.65. The summed E-state index contributed by atoms with van der Waals surface area (Å²) in [6.07, 6.45) is 14.2. The van der Waals surface area contributed by atoms with Crippen molar-refractivity contribution in [2.75, 3.05) is 13.6 Å². The van der Waals surface area contributed by atoms with Crippen molar-refractivity contribution < 1.29 is 5.11 Å². The Labute approximate surface area is 162 Å². The van der Waals surface area contributed by atoms with Gasteiger partial charge in [0.15, 0.2) is 0 Å². The van der Waals surface area contributed by atoms with E-state index in [1.54, 1.807) is 6.20 Å². The summed E-state index contributed by atoms with van der Waals surface area (Å²) in [5, 5.41) is 11.1. The SMILES string of the molecule is CCC(O)(C=C(C)C1=C(C)CC=CC=C1)CCN(C)Cc1ccc[nH]c1=O. The summed E-state index contributed by atoms with van der Waals surface area (Å²) in [7, 11) is 1.98. The minimum absolute atomic E-state index is 0.0537. The van der Waals surface area contributed by atoms with E-state index in [0.717, 1.165) is 17.6 Å². The van der Waals surface area contributed by atoms with Crippen LogP contribution in [0.25, 0.3) is 0 Å². The van der Waals surface area contributed by atoms with Crippen molar-refractivity contribution in [3.8, 4) is 0 Å². The van der Waals surface area contributed by atoms with Crippen LogP contribution in [0, 0.1) is 0 Å². The number of rotatable bonds is 8. The fourth-order valence-corrected chi connectivity index (χ4v) is 3.36. The maximum Gasteiger partial charge on any atom is 0.252 e. The summed E-state index contributed by atoms with van der Waals surface area (Å²) in [4.78, 5) is 16.6. The van der Waals surface area contributed by atoms with Gasteiger partial charge in [0.25, 0.3) is 5.56 Å². The lowest BCUT2D eigenvalue weighted by molar-refractivity contribution is 0.0654. The minimum atomic E-state index is -0.859. The van der Waals surface area contributed by atoms with E-state index in [9.17, 15) is 9.90 Å². The molecule has 4 heteroatoms. The van der Waals surface area contributed by atoms with Crippen LogP contribution in [0.5, 0.6) is 0 Å². The predicted molar refractivity (Wildman–Crippen MR) is 113 cm³/mol. The summed E-state index contributed by atoms with van der Waals surface area (Å²) >= 11 is 0. The molecular formula is C23H32N2O2. The molecule has 0 saturated heterocycles. The van der Waals surface area contributed by atoms with Gasteiger partial charge in [-0.15, -0.1) is 0 Å². The fraction of sp³-hybridized carbons (Fsp3) is 0.435. The third-order valence-corrected chi connectivity index (χ3v) is 5.18. The average molecular weight is 369 g/mol. The normalized spacial score (nSPS) is 17.3. The van der Waals surface area contributed by atoms with Gasteiger partial charge in [0, 0.05) is 24.8 Å². The number of pyridine rings is 1. The fourth-order valence-electron chi connectivity index (χ4n) is 3.36. The standard InChI is InChI=1S/C23H32N2O2/c1-5-23(27,16-19(3)21-12-8-6-7-10-18(21)2)13-15-25(4)17-20-11-9-14-24-22(20)26/h6-9,11-12,14,16,27H,5,10,13,15,17H2,1-4H3,(H,24,26). The molecule has 1 aromatic rings. The number of nitrogens with one attached hydrogen (secondary N) is 1. The maximum atomic E-state index is 11.8. The van der Waals surface area contributed by atoms with Gasteiger partial charge in [0.2, 0.25) is 0 Å². The lowest BCUT2D eigenvalue weighted by Crippen LogP contribution is -2.32. The Morgan fingerprint density at radius 1 is 1.41 bits per heavy atom. The molecule has 1 aliphatic carbocycles. The number of hydrogen-bond donors (Lipinski definition) is 2. The highest BCUT2D eigenvalue weighted by Crippen LogP contribution is 2.26. The second kappa shape index (κ2) is 9.67. The second-order valence-corrected chi connectivity index (χ2v) is 7.48. The zero-order valence-electron chi connectivity index (χ0n) is 17.0. The molecule has 1 unspecified atom stereocenters. The summed E-state index contributed by atoms with van der Waals surface area (Å²) in [6.45, 7) is 7.50. The Balaban J connectivity index is 2.05. The first-order chi connectivity index (χ1) is 12.8. The largest absolute Gasteiger partial charge is 0.386 e. The van der Waals surface area contributed by atoms with Gasteiger partial charge < -0.3 is 15.0 Å². The van der Waals surface area contributed by atoms with Crippen molar-refractivity contribution in [1.82, 2.24) is 9.88 Å². The maximum absolute atomic E-state index is 11.8. The number of aliphatic hydroxyl groups is 1. The molecule has 1 atom stereocenters. The van der Waals surface area contributed by atoms with E-state index in [-0.39, 0.29) is 5.56 Å². The molecule has 146 valence electrons. The Bertz CT molecular complexity index is 814. The van der Waals surface area contributed by atoms with Crippen LogP contribution in [-0.2, 0) is 6.54 Å². The van der Waals surface area contributed by atoms with Crippen LogP contribution in [0.15, 0.2) is 70.2 Å². The molecule has 0 aliphatic heterocycles. The molecule has 0 spiro atoms. The van der Waals surface area contributed by atoms with Crippen molar-refractivity contribution in [1.29, 1.82) is 0 Å². The molecule has 0 radical (unpaired) electrons. The average Bonchev–Trinajstić information content (AvgIpc) is 2.86. The van der Waals surface area contributed by atoms with E-state index < -0.39 is 5.60 Å². The molecule has 0 bridgehead atoms. The lowest BCUT2D eigenvalue weighted by atomic mass is 9.90. The first-order valence-corrected chi connectivity index (χ1v) is 9.65.